The number of likely N-dealkylation sites (N-methyl/N-ethyl adjacent to an activating group) is 2. The van der Waals surface area contributed by atoms with Gasteiger partial charge in [-0.3, -0.25) is 0 Å². The van der Waals surface area contributed by atoms with Gasteiger partial charge in [0, 0.05) is 29.8 Å². The Balaban J connectivity index is 2.09. The Kier molecular flexibility index (Phi) is 4.95. The van der Waals surface area contributed by atoms with E-state index in [1.807, 2.05) is 0 Å². The summed E-state index contributed by atoms with van der Waals surface area (Å²) in [6, 6.07) is 6.32. The number of benzene rings is 1. The van der Waals surface area contributed by atoms with E-state index in [4.69, 9.17) is 17.3 Å². The third kappa shape index (κ3) is 3.11. The van der Waals surface area contributed by atoms with Crippen LogP contribution in [0.2, 0.25) is 5.02 Å². The van der Waals surface area contributed by atoms with Crippen molar-refractivity contribution in [2.24, 2.45) is 5.73 Å². The van der Waals surface area contributed by atoms with E-state index in [2.05, 4.69) is 49.1 Å². The van der Waals surface area contributed by atoms with Crippen LogP contribution in [-0.2, 0) is 6.42 Å². The second-order valence-corrected chi connectivity index (χ2v) is 6.55. The van der Waals surface area contributed by atoms with Gasteiger partial charge < -0.3 is 15.5 Å². The van der Waals surface area contributed by atoms with Crippen molar-refractivity contribution in [1.82, 2.24) is 4.90 Å². The maximum absolute atomic E-state index is 6.34. The fraction of sp³-hybridized carbons (Fsp3) is 0.625. The molecule has 0 heterocycles. The zero-order valence-electron chi connectivity index (χ0n) is 12.8. The summed E-state index contributed by atoms with van der Waals surface area (Å²) in [5.74, 6) is 0. The highest BCUT2D eigenvalue weighted by molar-refractivity contribution is 6.31. The molecule has 20 heavy (non-hydrogen) atoms. The van der Waals surface area contributed by atoms with Crippen LogP contribution in [0.15, 0.2) is 18.2 Å². The molecular formula is C16H26ClN3. The maximum atomic E-state index is 6.34. The van der Waals surface area contributed by atoms with Crippen LogP contribution < -0.4 is 10.6 Å². The Hall–Kier alpha value is -0.770. The lowest BCUT2D eigenvalue weighted by atomic mass is 9.75. The minimum absolute atomic E-state index is 0.331. The van der Waals surface area contributed by atoms with E-state index in [1.165, 1.54) is 24.9 Å². The molecule has 2 N–H and O–H groups in total. The van der Waals surface area contributed by atoms with Gasteiger partial charge in [-0.05, 0) is 64.0 Å². The van der Waals surface area contributed by atoms with Crippen LogP contribution in [0, 0.1) is 0 Å². The fourth-order valence-corrected chi connectivity index (χ4v) is 3.27. The van der Waals surface area contributed by atoms with Crippen molar-refractivity contribution in [3.63, 3.8) is 0 Å². The molecule has 112 valence electrons. The molecule has 1 aromatic rings. The number of nitrogens with two attached hydrogens (primary N) is 1. The van der Waals surface area contributed by atoms with Crippen molar-refractivity contribution in [3.8, 4) is 0 Å². The van der Waals surface area contributed by atoms with Gasteiger partial charge in [0.25, 0.3) is 0 Å². The molecule has 1 fully saturated rings. The third-order valence-corrected chi connectivity index (χ3v) is 5.01. The van der Waals surface area contributed by atoms with E-state index in [0.29, 0.717) is 12.1 Å². The predicted octanol–water partition coefficient (Wildman–Crippen LogP) is 2.76. The van der Waals surface area contributed by atoms with E-state index in [0.717, 1.165) is 23.6 Å². The molecule has 1 aliphatic carbocycles. The minimum atomic E-state index is 0.331. The second kappa shape index (κ2) is 6.33. The van der Waals surface area contributed by atoms with Crippen molar-refractivity contribution in [2.75, 3.05) is 39.1 Å². The van der Waals surface area contributed by atoms with Gasteiger partial charge in [-0.1, -0.05) is 17.7 Å². The normalized spacial score (nSPS) is 17.1. The Morgan fingerprint density at radius 2 is 1.95 bits per heavy atom. The number of hydrogen-bond donors (Lipinski definition) is 1. The predicted molar refractivity (Wildman–Crippen MR) is 87.7 cm³/mol. The quantitative estimate of drug-likeness (QED) is 0.876. The van der Waals surface area contributed by atoms with Crippen molar-refractivity contribution in [3.05, 3.63) is 28.8 Å². The van der Waals surface area contributed by atoms with Gasteiger partial charge in [0.05, 0.1) is 0 Å². The first kappa shape index (κ1) is 15.6. The Morgan fingerprint density at radius 3 is 2.40 bits per heavy atom. The number of anilines is 1. The van der Waals surface area contributed by atoms with Crippen molar-refractivity contribution >= 4 is 17.3 Å². The Bertz CT molecular complexity index is 455. The summed E-state index contributed by atoms with van der Waals surface area (Å²) in [5, 5.41) is 0.826. The van der Waals surface area contributed by atoms with Crippen LogP contribution in [0.5, 0.6) is 0 Å². The van der Waals surface area contributed by atoms with Gasteiger partial charge in [-0.15, -0.1) is 0 Å². The molecule has 4 heteroatoms. The lowest BCUT2D eigenvalue weighted by Gasteiger charge is -2.49. The lowest BCUT2D eigenvalue weighted by molar-refractivity contribution is 0.0683. The summed E-state index contributed by atoms with van der Waals surface area (Å²) in [6.07, 6.45) is 4.74. The van der Waals surface area contributed by atoms with Crippen molar-refractivity contribution in [2.45, 2.75) is 31.2 Å². The van der Waals surface area contributed by atoms with Gasteiger partial charge in [-0.2, -0.15) is 0 Å². The Morgan fingerprint density at radius 1 is 1.25 bits per heavy atom. The van der Waals surface area contributed by atoms with Crippen LogP contribution in [0.1, 0.15) is 24.8 Å². The molecule has 1 aliphatic rings. The van der Waals surface area contributed by atoms with E-state index >= 15 is 0 Å². The summed E-state index contributed by atoms with van der Waals surface area (Å²) < 4.78 is 0. The smallest absolute Gasteiger partial charge is 0.0459 e. The van der Waals surface area contributed by atoms with Crippen LogP contribution in [-0.4, -0.2) is 44.7 Å². The second-order valence-electron chi connectivity index (χ2n) is 6.14. The highest BCUT2D eigenvalue weighted by Gasteiger charge is 2.39. The topological polar surface area (TPSA) is 32.5 Å². The van der Waals surface area contributed by atoms with Gasteiger partial charge >= 0.3 is 0 Å². The Labute approximate surface area is 127 Å². The molecule has 0 aliphatic heterocycles. The molecule has 0 radical (unpaired) electrons. The molecule has 0 unspecified atom stereocenters. The summed E-state index contributed by atoms with van der Waals surface area (Å²) in [7, 11) is 6.52. The first-order valence-electron chi connectivity index (χ1n) is 7.35. The molecule has 1 aromatic carbocycles. The molecule has 0 amide bonds. The monoisotopic (exact) mass is 295 g/mol. The van der Waals surface area contributed by atoms with E-state index in [1.54, 1.807) is 0 Å². The number of hydrogen-bond acceptors (Lipinski definition) is 3. The number of rotatable bonds is 6. The summed E-state index contributed by atoms with van der Waals surface area (Å²) in [6.45, 7) is 1.69. The van der Waals surface area contributed by atoms with Crippen molar-refractivity contribution < 1.29 is 0 Å². The van der Waals surface area contributed by atoms with Crippen LogP contribution in [0.25, 0.3) is 0 Å². The molecule has 0 bridgehead atoms. The molecule has 2 rings (SSSR count). The zero-order chi connectivity index (χ0) is 14.8. The summed E-state index contributed by atoms with van der Waals surface area (Å²) >= 11 is 6.34. The minimum Gasteiger partial charge on any atom is -0.373 e. The fourth-order valence-electron chi connectivity index (χ4n) is 3.00. The van der Waals surface area contributed by atoms with Gasteiger partial charge in [0.1, 0.15) is 0 Å². The van der Waals surface area contributed by atoms with E-state index in [-0.39, 0.29) is 0 Å². The molecule has 0 aromatic heterocycles. The van der Waals surface area contributed by atoms with Crippen LogP contribution >= 0.6 is 11.6 Å². The summed E-state index contributed by atoms with van der Waals surface area (Å²) in [4.78, 5) is 4.69. The molecule has 0 atom stereocenters. The largest absolute Gasteiger partial charge is 0.373 e. The average Bonchev–Trinajstić information content (AvgIpc) is 2.35. The number of halogens is 1. The molecule has 0 saturated heterocycles. The highest BCUT2D eigenvalue weighted by atomic mass is 35.5. The SMILES string of the molecule is CN(CC1(N(C)C)CCC1)c1ccc(CCN)c(Cl)c1. The number of nitrogens with zero attached hydrogens (tertiary/aromatic N) is 2. The van der Waals surface area contributed by atoms with Gasteiger partial charge in [-0.25, -0.2) is 0 Å². The first-order chi connectivity index (χ1) is 9.48. The highest BCUT2D eigenvalue weighted by Crippen LogP contribution is 2.37. The molecule has 3 nitrogen and oxygen atoms in total. The zero-order valence-corrected chi connectivity index (χ0v) is 13.6. The average molecular weight is 296 g/mol. The van der Waals surface area contributed by atoms with Gasteiger partial charge in [0.2, 0.25) is 0 Å². The molecule has 1 saturated carbocycles. The maximum Gasteiger partial charge on any atom is 0.0459 e. The molecular weight excluding hydrogens is 270 g/mol. The third-order valence-electron chi connectivity index (χ3n) is 4.66. The summed E-state index contributed by atoms with van der Waals surface area (Å²) in [5.41, 5.74) is 8.25. The molecule has 0 spiro atoms. The van der Waals surface area contributed by atoms with Crippen LogP contribution in [0.3, 0.4) is 0 Å². The lowest BCUT2D eigenvalue weighted by Crippen LogP contribution is -2.56. The van der Waals surface area contributed by atoms with E-state index in [9.17, 15) is 0 Å². The standard InChI is InChI=1S/C16H26ClN3/c1-19(2)16(8-4-9-16)12-20(3)14-6-5-13(7-10-18)15(17)11-14/h5-6,11H,4,7-10,12,18H2,1-3H3. The first-order valence-corrected chi connectivity index (χ1v) is 7.73. The van der Waals surface area contributed by atoms with E-state index < -0.39 is 0 Å². The van der Waals surface area contributed by atoms with Crippen LogP contribution in [0.4, 0.5) is 5.69 Å². The van der Waals surface area contributed by atoms with Gasteiger partial charge in [0.15, 0.2) is 0 Å². The van der Waals surface area contributed by atoms with Crippen molar-refractivity contribution in [1.29, 1.82) is 0 Å².